The van der Waals surface area contributed by atoms with E-state index in [2.05, 4.69) is 29.5 Å². The van der Waals surface area contributed by atoms with Gasteiger partial charge in [0.05, 0.1) is 26.6 Å². The second-order valence-corrected chi connectivity index (χ2v) is 6.69. The smallest absolute Gasteiger partial charge is 0.0907 e. The fourth-order valence-electron chi connectivity index (χ4n) is 1.86. The summed E-state index contributed by atoms with van der Waals surface area (Å²) in [6.07, 6.45) is 3.26. The lowest BCUT2D eigenvalue weighted by atomic mass is 10.2. The molecule has 3 N–H and O–H groups in total. The van der Waals surface area contributed by atoms with Crippen LogP contribution in [0.1, 0.15) is 18.4 Å². The summed E-state index contributed by atoms with van der Waals surface area (Å²) in [6, 6.07) is 4.50. The summed E-state index contributed by atoms with van der Waals surface area (Å²) in [6.45, 7) is 4.21. The van der Waals surface area contributed by atoms with Crippen molar-refractivity contribution >= 4 is 44.7 Å². The molecular formula is C13H19N3S2. The summed E-state index contributed by atoms with van der Waals surface area (Å²) in [5.74, 6) is 1.16. The average molecular weight is 281 g/mol. The van der Waals surface area contributed by atoms with Crippen molar-refractivity contribution in [3.63, 3.8) is 0 Å². The zero-order valence-corrected chi connectivity index (χ0v) is 12.6. The van der Waals surface area contributed by atoms with Crippen LogP contribution >= 0.6 is 23.1 Å². The number of thioether (sulfide) groups is 1. The van der Waals surface area contributed by atoms with E-state index < -0.39 is 0 Å². The lowest BCUT2D eigenvalue weighted by Gasteiger charge is -2.16. The summed E-state index contributed by atoms with van der Waals surface area (Å²) in [5.41, 5.74) is 8.93. The van der Waals surface area contributed by atoms with E-state index in [0.717, 1.165) is 38.8 Å². The first-order chi connectivity index (χ1) is 8.60. The molecule has 5 heteroatoms. The highest BCUT2D eigenvalue weighted by Crippen LogP contribution is 2.30. The van der Waals surface area contributed by atoms with Gasteiger partial charge >= 0.3 is 0 Å². The third kappa shape index (κ3) is 3.09. The highest BCUT2D eigenvalue weighted by molar-refractivity contribution is 7.98. The highest BCUT2D eigenvalue weighted by atomic mass is 32.2. The SMILES string of the molecule is CSCCC(C)Nc1cc2nc(C)sc2cc1N. The van der Waals surface area contributed by atoms with Gasteiger partial charge in [0.2, 0.25) is 0 Å². The highest BCUT2D eigenvalue weighted by Gasteiger charge is 2.08. The van der Waals surface area contributed by atoms with Crippen molar-refractivity contribution in [2.24, 2.45) is 0 Å². The van der Waals surface area contributed by atoms with Gasteiger partial charge in [-0.1, -0.05) is 0 Å². The Kier molecular flexibility index (Phi) is 4.35. The van der Waals surface area contributed by atoms with Crippen LogP contribution in [0.4, 0.5) is 11.4 Å². The maximum absolute atomic E-state index is 6.08. The standard InChI is InChI=1S/C13H19N3S2/c1-8(4-5-17-3)15-11-7-12-13(6-10(11)14)18-9(2)16-12/h6-8,15H,4-5,14H2,1-3H3. The van der Waals surface area contributed by atoms with Gasteiger partial charge in [0, 0.05) is 6.04 Å². The van der Waals surface area contributed by atoms with Crippen molar-refractivity contribution in [2.45, 2.75) is 26.3 Å². The normalized spacial score (nSPS) is 12.8. The molecular weight excluding hydrogens is 262 g/mol. The van der Waals surface area contributed by atoms with Crippen molar-refractivity contribution < 1.29 is 0 Å². The van der Waals surface area contributed by atoms with Crippen LogP contribution in [0.15, 0.2) is 12.1 Å². The summed E-state index contributed by atoms with van der Waals surface area (Å²) in [4.78, 5) is 4.50. The largest absolute Gasteiger partial charge is 0.397 e. The van der Waals surface area contributed by atoms with Crippen molar-refractivity contribution in [1.82, 2.24) is 4.98 Å². The molecule has 1 aromatic carbocycles. The van der Waals surface area contributed by atoms with Crippen molar-refractivity contribution in [1.29, 1.82) is 0 Å². The van der Waals surface area contributed by atoms with E-state index in [1.807, 2.05) is 24.8 Å². The van der Waals surface area contributed by atoms with Crippen molar-refractivity contribution in [3.05, 3.63) is 17.1 Å². The predicted molar refractivity (Wildman–Crippen MR) is 84.9 cm³/mol. The van der Waals surface area contributed by atoms with Gasteiger partial charge in [0.15, 0.2) is 0 Å². The quantitative estimate of drug-likeness (QED) is 0.820. The van der Waals surface area contributed by atoms with E-state index in [4.69, 9.17) is 5.73 Å². The predicted octanol–water partition coefficient (Wildman–Crippen LogP) is 3.74. The van der Waals surface area contributed by atoms with E-state index in [1.54, 1.807) is 11.3 Å². The fraction of sp³-hybridized carbons (Fsp3) is 0.462. The number of anilines is 2. The summed E-state index contributed by atoms with van der Waals surface area (Å²) >= 11 is 3.55. The van der Waals surface area contributed by atoms with Crippen LogP contribution in [-0.4, -0.2) is 23.0 Å². The third-order valence-electron chi connectivity index (χ3n) is 2.82. The second kappa shape index (κ2) is 5.80. The monoisotopic (exact) mass is 281 g/mol. The molecule has 2 aromatic rings. The molecule has 0 saturated heterocycles. The third-order valence-corrected chi connectivity index (χ3v) is 4.40. The van der Waals surface area contributed by atoms with Gasteiger partial charge < -0.3 is 11.1 Å². The van der Waals surface area contributed by atoms with Crippen molar-refractivity contribution in [3.8, 4) is 0 Å². The van der Waals surface area contributed by atoms with Crippen LogP contribution in [0, 0.1) is 6.92 Å². The van der Waals surface area contributed by atoms with E-state index in [1.165, 1.54) is 0 Å². The number of hydrogen-bond donors (Lipinski definition) is 2. The summed E-state index contributed by atoms with van der Waals surface area (Å²) < 4.78 is 1.16. The molecule has 0 fully saturated rings. The second-order valence-electron chi connectivity index (χ2n) is 4.47. The number of fused-ring (bicyclic) bond motifs is 1. The Balaban J connectivity index is 2.19. The number of aromatic nitrogens is 1. The Hall–Kier alpha value is -0.940. The molecule has 0 amide bonds. The van der Waals surface area contributed by atoms with Gasteiger partial charge in [-0.05, 0) is 44.4 Å². The van der Waals surface area contributed by atoms with Gasteiger partial charge in [-0.25, -0.2) is 4.98 Å². The number of hydrogen-bond acceptors (Lipinski definition) is 5. The molecule has 0 bridgehead atoms. The molecule has 98 valence electrons. The molecule has 2 rings (SSSR count). The zero-order valence-electron chi connectivity index (χ0n) is 11.0. The number of benzene rings is 1. The maximum Gasteiger partial charge on any atom is 0.0907 e. The van der Waals surface area contributed by atoms with E-state index in [9.17, 15) is 0 Å². The first-order valence-electron chi connectivity index (χ1n) is 6.02. The first-order valence-corrected chi connectivity index (χ1v) is 8.23. The molecule has 18 heavy (non-hydrogen) atoms. The number of nitrogens with zero attached hydrogens (tertiary/aromatic N) is 1. The number of rotatable bonds is 5. The molecule has 0 aliphatic carbocycles. The summed E-state index contributed by atoms with van der Waals surface area (Å²) in [5, 5.41) is 4.55. The van der Waals surface area contributed by atoms with E-state index >= 15 is 0 Å². The minimum atomic E-state index is 0.428. The average Bonchev–Trinajstić information content (AvgIpc) is 2.66. The zero-order chi connectivity index (χ0) is 13.1. The molecule has 0 aliphatic heterocycles. The Morgan fingerprint density at radius 1 is 1.50 bits per heavy atom. The van der Waals surface area contributed by atoms with Crippen LogP contribution in [0.2, 0.25) is 0 Å². The van der Waals surface area contributed by atoms with Crippen LogP contribution in [0.5, 0.6) is 0 Å². The Morgan fingerprint density at radius 3 is 3.00 bits per heavy atom. The number of nitrogens with two attached hydrogens (primary N) is 1. The molecule has 1 aromatic heterocycles. The Morgan fingerprint density at radius 2 is 2.28 bits per heavy atom. The van der Waals surface area contributed by atoms with Crippen LogP contribution in [0.25, 0.3) is 10.2 Å². The van der Waals surface area contributed by atoms with Gasteiger partial charge in [0.25, 0.3) is 0 Å². The number of aryl methyl sites for hydroxylation is 1. The van der Waals surface area contributed by atoms with Gasteiger partial charge in [-0.2, -0.15) is 11.8 Å². The Bertz CT molecular complexity index is 536. The fourth-order valence-corrected chi connectivity index (χ4v) is 3.31. The van der Waals surface area contributed by atoms with Crippen LogP contribution < -0.4 is 11.1 Å². The Labute approximate surface area is 116 Å². The van der Waals surface area contributed by atoms with Crippen LogP contribution in [0.3, 0.4) is 0 Å². The minimum absolute atomic E-state index is 0.428. The molecule has 1 atom stereocenters. The number of nitrogens with one attached hydrogen (secondary N) is 1. The van der Waals surface area contributed by atoms with Gasteiger partial charge in [0.1, 0.15) is 0 Å². The minimum Gasteiger partial charge on any atom is -0.397 e. The van der Waals surface area contributed by atoms with Gasteiger partial charge in [-0.15, -0.1) is 11.3 Å². The molecule has 1 unspecified atom stereocenters. The van der Waals surface area contributed by atoms with E-state index in [-0.39, 0.29) is 0 Å². The van der Waals surface area contributed by atoms with Crippen molar-refractivity contribution in [2.75, 3.05) is 23.1 Å². The van der Waals surface area contributed by atoms with Crippen LogP contribution in [-0.2, 0) is 0 Å². The molecule has 3 nitrogen and oxygen atoms in total. The summed E-state index contributed by atoms with van der Waals surface area (Å²) in [7, 11) is 0. The first kappa shape index (κ1) is 13.5. The molecule has 0 radical (unpaired) electrons. The maximum atomic E-state index is 6.08. The molecule has 1 heterocycles. The lowest BCUT2D eigenvalue weighted by molar-refractivity contribution is 0.773. The van der Waals surface area contributed by atoms with Gasteiger partial charge in [-0.3, -0.25) is 0 Å². The molecule has 0 aliphatic rings. The number of nitrogen functional groups attached to an aromatic ring is 1. The molecule has 0 spiro atoms. The topological polar surface area (TPSA) is 50.9 Å². The molecule has 0 saturated carbocycles. The lowest BCUT2D eigenvalue weighted by Crippen LogP contribution is -2.16. The number of thiazole rings is 1. The van der Waals surface area contributed by atoms with E-state index in [0.29, 0.717) is 6.04 Å².